The van der Waals surface area contributed by atoms with E-state index >= 15 is 0 Å². The summed E-state index contributed by atoms with van der Waals surface area (Å²) in [5.41, 5.74) is 8.53. The smallest absolute Gasteiger partial charge is 0.0617 e. The molecule has 0 radical (unpaired) electrons. The van der Waals surface area contributed by atoms with Gasteiger partial charge >= 0.3 is 281 Å². The van der Waals surface area contributed by atoms with Crippen LogP contribution in [-0.2, 0) is 0 Å². The molecule has 5 heteroatoms. The van der Waals surface area contributed by atoms with Crippen LogP contribution in [0.1, 0.15) is 0 Å². The van der Waals surface area contributed by atoms with Crippen molar-refractivity contribution < 1.29 is 4.42 Å². The molecule has 11 rings (SSSR count). The average molecular weight is 748 g/mol. The Balaban J connectivity index is 1.13. The van der Waals surface area contributed by atoms with E-state index in [1.807, 2.05) is 29.5 Å². The van der Waals surface area contributed by atoms with Gasteiger partial charge in [0.25, 0.3) is 0 Å². The summed E-state index contributed by atoms with van der Waals surface area (Å²) in [7, 11) is 0. The van der Waals surface area contributed by atoms with Crippen LogP contribution in [-0.4, -0.2) is 19.5 Å². The predicted molar refractivity (Wildman–Crippen MR) is 222 cm³/mol. The van der Waals surface area contributed by atoms with Crippen LogP contribution in [0.4, 0.5) is 17.1 Å². The summed E-state index contributed by atoms with van der Waals surface area (Å²) < 4.78 is 11.7. The van der Waals surface area contributed by atoms with E-state index < -0.39 is 0 Å². The van der Waals surface area contributed by atoms with Gasteiger partial charge in [0.15, 0.2) is 0 Å². The second-order valence-electron chi connectivity index (χ2n) is 13.1. The Morgan fingerprint density at radius 3 is 1.96 bits per heavy atom. The van der Waals surface area contributed by atoms with E-state index in [1.54, 1.807) is 0 Å². The van der Waals surface area contributed by atoms with Crippen LogP contribution in [0.5, 0.6) is 0 Å². The van der Waals surface area contributed by atoms with Crippen LogP contribution < -0.4 is 4.90 Å². The van der Waals surface area contributed by atoms with Gasteiger partial charge in [0.1, 0.15) is 0 Å². The summed E-state index contributed by atoms with van der Waals surface area (Å²) >= 11 is 2.03. The van der Waals surface area contributed by atoms with Crippen molar-refractivity contribution in [1.29, 1.82) is 0 Å². The Morgan fingerprint density at radius 2 is 1.12 bits per heavy atom. The molecule has 0 saturated carbocycles. The van der Waals surface area contributed by atoms with Crippen molar-refractivity contribution in [2.45, 2.75) is 0 Å². The van der Waals surface area contributed by atoms with E-state index in [2.05, 4.69) is 157 Å². The number of hydrogen-bond acceptors (Lipinski definition) is 4. The SMILES string of the molecule is c1ccc(-c2ccc(N(c3ccc4c(c3)sc3ccccc34)c3ccc4ccc5[se]c6ccc7oc(-c8ccccc8)nc7c6c5c4c3)cc2)cc1. The Bertz CT molecular complexity index is 3120. The number of oxazole rings is 1. The minimum absolute atomic E-state index is 0.175. The first-order chi connectivity index (χ1) is 25.7. The van der Waals surface area contributed by atoms with Crippen molar-refractivity contribution in [2.75, 3.05) is 4.90 Å². The maximum absolute atomic E-state index is 6.37. The Labute approximate surface area is 309 Å². The summed E-state index contributed by atoms with van der Waals surface area (Å²) in [4.78, 5) is 7.53. The fourth-order valence-electron chi connectivity index (χ4n) is 7.63. The maximum atomic E-state index is 6.37. The van der Waals surface area contributed by atoms with Gasteiger partial charge < -0.3 is 0 Å². The van der Waals surface area contributed by atoms with Gasteiger partial charge in [0.05, 0.1) is 0 Å². The molecule has 0 aliphatic heterocycles. The zero-order valence-electron chi connectivity index (χ0n) is 27.8. The Morgan fingerprint density at radius 1 is 0.481 bits per heavy atom. The molecular weight excluding hydrogens is 720 g/mol. The van der Waals surface area contributed by atoms with Crippen LogP contribution in [0.2, 0.25) is 0 Å². The number of rotatable bonds is 5. The van der Waals surface area contributed by atoms with Crippen molar-refractivity contribution in [3.05, 3.63) is 170 Å². The van der Waals surface area contributed by atoms with E-state index in [9.17, 15) is 0 Å². The molecule has 3 aromatic heterocycles. The molecule has 3 nitrogen and oxygen atoms in total. The molecule has 11 aromatic rings. The van der Waals surface area contributed by atoms with Gasteiger partial charge in [-0.3, -0.25) is 0 Å². The first-order valence-electron chi connectivity index (χ1n) is 17.4. The van der Waals surface area contributed by atoms with Crippen LogP contribution in [0.25, 0.3) is 83.9 Å². The second kappa shape index (κ2) is 11.8. The van der Waals surface area contributed by atoms with Gasteiger partial charge in [-0.1, -0.05) is 30.3 Å². The topological polar surface area (TPSA) is 29.3 Å². The minimum Gasteiger partial charge on any atom is -0.0617 e. The molecule has 52 heavy (non-hydrogen) atoms. The average Bonchev–Trinajstić information content (AvgIpc) is 3.92. The predicted octanol–water partition coefficient (Wildman–Crippen LogP) is 13.5. The Kier molecular flexibility index (Phi) is 6.74. The summed E-state index contributed by atoms with van der Waals surface area (Å²) in [6.45, 7) is 0. The summed E-state index contributed by atoms with van der Waals surface area (Å²) in [5, 5.41) is 7.56. The van der Waals surface area contributed by atoms with Gasteiger partial charge in [-0.15, -0.1) is 0 Å². The number of thiophene rings is 1. The van der Waals surface area contributed by atoms with Crippen LogP contribution in [0.3, 0.4) is 0 Å². The van der Waals surface area contributed by atoms with E-state index in [1.165, 1.54) is 61.4 Å². The second-order valence-corrected chi connectivity index (χ2v) is 16.5. The molecule has 8 aromatic carbocycles. The molecule has 3 heterocycles. The zero-order valence-corrected chi connectivity index (χ0v) is 30.3. The van der Waals surface area contributed by atoms with Gasteiger partial charge in [-0.25, -0.2) is 0 Å². The number of hydrogen-bond donors (Lipinski definition) is 0. The third kappa shape index (κ3) is 4.75. The number of nitrogens with zero attached hydrogens (tertiary/aromatic N) is 2. The minimum atomic E-state index is 0.175. The van der Waals surface area contributed by atoms with Gasteiger partial charge in [-0.2, -0.15) is 0 Å². The van der Waals surface area contributed by atoms with Gasteiger partial charge in [0, 0.05) is 0 Å². The standard InChI is InChI=1S/C47H28N2OSSe/c1-3-9-29(10-4-1)30-15-19-33(20-16-30)49(35-22-23-37-36-13-7-8-14-40(36)51-41(37)28-35)34-21-17-31-18-25-42-44(38(31)27-34)45-43(52-42)26-24-39-46(45)48-47(50-39)32-11-5-2-6-12-32/h1-28H. The molecule has 0 spiro atoms. The van der Waals surface area contributed by atoms with Crippen LogP contribution in [0.15, 0.2) is 174 Å². The monoisotopic (exact) mass is 748 g/mol. The number of anilines is 3. The van der Waals surface area contributed by atoms with Crippen molar-refractivity contribution in [2.24, 2.45) is 0 Å². The summed E-state index contributed by atoms with van der Waals surface area (Å²) in [5.74, 6) is 0.660. The zero-order chi connectivity index (χ0) is 34.2. The molecule has 0 saturated heterocycles. The molecule has 0 N–H and O–H groups in total. The first kappa shape index (κ1) is 29.7. The molecule has 0 fully saturated rings. The summed E-state index contributed by atoms with van der Waals surface area (Å²) in [6.07, 6.45) is 0. The molecule has 0 aliphatic rings. The summed E-state index contributed by atoms with van der Waals surface area (Å²) in [6, 6.07) is 61.2. The quantitative estimate of drug-likeness (QED) is 0.164. The van der Waals surface area contributed by atoms with E-state index in [0.29, 0.717) is 5.89 Å². The molecule has 0 bridgehead atoms. The fraction of sp³-hybridized carbons (Fsp3) is 0. The van der Waals surface area contributed by atoms with Crippen LogP contribution >= 0.6 is 11.3 Å². The van der Waals surface area contributed by atoms with Crippen molar-refractivity contribution in [3.8, 4) is 22.6 Å². The third-order valence-corrected chi connectivity index (χ3v) is 13.6. The van der Waals surface area contributed by atoms with E-state index in [-0.39, 0.29) is 14.5 Å². The Hall–Kier alpha value is -5.97. The number of aromatic nitrogens is 1. The third-order valence-electron chi connectivity index (χ3n) is 10.1. The van der Waals surface area contributed by atoms with Crippen LogP contribution in [0, 0.1) is 0 Å². The van der Waals surface area contributed by atoms with Crippen molar-refractivity contribution in [3.63, 3.8) is 0 Å². The molecular formula is C47H28N2OSSe. The van der Waals surface area contributed by atoms with Crippen molar-refractivity contribution in [1.82, 2.24) is 4.98 Å². The fourth-order valence-corrected chi connectivity index (χ4v) is 11.1. The molecule has 0 unspecified atom stereocenters. The van der Waals surface area contributed by atoms with E-state index in [4.69, 9.17) is 9.40 Å². The first-order valence-corrected chi connectivity index (χ1v) is 19.9. The van der Waals surface area contributed by atoms with Gasteiger partial charge in [-0.05, 0) is 0 Å². The molecule has 0 aliphatic carbocycles. The van der Waals surface area contributed by atoms with Crippen molar-refractivity contribution >= 4 is 104 Å². The number of benzene rings is 8. The normalized spacial score (nSPS) is 11.8. The van der Waals surface area contributed by atoms with E-state index in [0.717, 1.165) is 33.7 Å². The molecule has 0 amide bonds. The molecule has 244 valence electrons. The number of fused-ring (bicyclic) bond motifs is 10. The van der Waals surface area contributed by atoms with Gasteiger partial charge in [0.2, 0.25) is 0 Å². The molecule has 0 atom stereocenters.